The molecule has 1 fully saturated rings. The van der Waals surface area contributed by atoms with E-state index >= 15 is 0 Å². The molecule has 1 N–H and O–H groups in total. The lowest BCUT2D eigenvalue weighted by molar-refractivity contribution is -0.139. The zero-order valence-electron chi connectivity index (χ0n) is 8.96. The number of hydrogen-bond donors (Lipinski definition) is 1. The van der Waals surface area contributed by atoms with E-state index in [1.165, 1.54) is 0 Å². The van der Waals surface area contributed by atoms with E-state index in [0.717, 1.165) is 4.90 Å². The average Bonchev–Trinajstić information content (AvgIpc) is 2.54. The smallest absolute Gasteiger partial charge is 0.415 e. The highest BCUT2D eigenvalue weighted by atomic mass is 79.9. The number of carbonyl (C=O) groups is 2. The van der Waals surface area contributed by atoms with E-state index in [0.29, 0.717) is 10.2 Å². The summed E-state index contributed by atoms with van der Waals surface area (Å²) in [5.41, 5.74) is 0.495. The average molecular weight is 300 g/mol. The summed E-state index contributed by atoms with van der Waals surface area (Å²) in [5, 5.41) is 9.13. The number of amides is 1. The van der Waals surface area contributed by atoms with Gasteiger partial charge in [0.15, 0.2) is 6.04 Å². The molecule has 5 nitrogen and oxygen atoms in total. The molecule has 2 rings (SSSR count). The Morgan fingerprint density at radius 1 is 1.47 bits per heavy atom. The Kier molecular flexibility index (Phi) is 3.06. The maximum Gasteiger partial charge on any atom is 0.415 e. The van der Waals surface area contributed by atoms with E-state index in [-0.39, 0.29) is 0 Å². The number of anilines is 1. The fourth-order valence-corrected chi connectivity index (χ4v) is 2.29. The third-order valence-electron chi connectivity index (χ3n) is 2.57. The van der Waals surface area contributed by atoms with Crippen LogP contribution < -0.4 is 4.90 Å². The fourth-order valence-electron chi connectivity index (χ4n) is 1.81. The van der Waals surface area contributed by atoms with Crippen LogP contribution in [0.1, 0.15) is 6.92 Å². The maximum atomic E-state index is 11.7. The van der Waals surface area contributed by atoms with Gasteiger partial charge in [0, 0.05) is 4.47 Å². The quantitative estimate of drug-likeness (QED) is 0.909. The highest BCUT2D eigenvalue weighted by Crippen LogP contribution is 2.32. The van der Waals surface area contributed by atoms with Crippen molar-refractivity contribution in [2.75, 3.05) is 4.90 Å². The van der Waals surface area contributed by atoms with Crippen LogP contribution >= 0.6 is 15.9 Å². The van der Waals surface area contributed by atoms with Crippen molar-refractivity contribution in [1.82, 2.24) is 0 Å². The van der Waals surface area contributed by atoms with Crippen molar-refractivity contribution >= 4 is 33.7 Å². The molecule has 0 spiro atoms. The topological polar surface area (TPSA) is 66.8 Å². The minimum atomic E-state index is -1.08. The summed E-state index contributed by atoms with van der Waals surface area (Å²) in [6.07, 6.45) is -1.32. The molecular weight excluding hydrogens is 290 g/mol. The van der Waals surface area contributed by atoms with Crippen molar-refractivity contribution in [2.24, 2.45) is 0 Å². The molecule has 6 heteroatoms. The number of ether oxygens (including phenoxy) is 1. The molecule has 2 atom stereocenters. The molecule has 17 heavy (non-hydrogen) atoms. The molecule has 0 aromatic heterocycles. The molecule has 1 saturated heterocycles. The van der Waals surface area contributed by atoms with Crippen LogP contribution in [-0.2, 0) is 9.53 Å². The predicted octanol–water partition coefficient (Wildman–Crippen LogP) is 2.25. The maximum absolute atomic E-state index is 11.7. The van der Waals surface area contributed by atoms with E-state index in [1.807, 2.05) is 0 Å². The molecule has 0 radical (unpaired) electrons. The van der Waals surface area contributed by atoms with Gasteiger partial charge >= 0.3 is 12.1 Å². The van der Waals surface area contributed by atoms with Crippen LogP contribution in [0.25, 0.3) is 0 Å². The molecule has 1 aromatic carbocycles. The van der Waals surface area contributed by atoms with Crippen LogP contribution in [0.3, 0.4) is 0 Å². The first kappa shape index (κ1) is 11.9. The van der Waals surface area contributed by atoms with Crippen molar-refractivity contribution < 1.29 is 19.4 Å². The van der Waals surface area contributed by atoms with Crippen LogP contribution in [0.15, 0.2) is 28.7 Å². The number of cyclic esters (lactones) is 1. The van der Waals surface area contributed by atoms with Gasteiger partial charge in [-0.05, 0) is 35.0 Å². The number of hydrogen-bond acceptors (Lipinski definition) is 3. The first-order valence-corrected chi connectivity index (χ1v) is 5.79. The molecule has 1 aliphatic rings. The number of para-hydroxylation sites is 1. The minimum absolute atomic E-state index is 0.495. The van der Waals surface area contributed by atoms with E-state index in [2.05, 4.69) is 15.9 Å². The van der Waals surface area contributed by atoms with E-state index < -0.39 is 24.2 Å². The molecule has 1 heterocycles. The Balaban J connectivity index is 2.46. The van der Waals surface area contributed by atoms with Crippen LogP contribution in [0.2, 0.25) is 0 Å². The Hall–Kier alpha value is -1.56. The summed E-state index contributed by atoms with van der Waals surface area (Å²) < 4.78 is 5.59. The van der Waals surface area contributed by atoms with Gasteiger partial charge in [0.2, 0.25) is 0 Å². The Morgan fingerprint density at radius 3 is 2.71 bits per heavy atom. The van der Waals surface area contributed by atoms with Gasteiger partial charge in [-0.1, -0.05) is 12.1 Å². The molecule has 90 valence electrons. The number of rotatable bonds is 2. The van der Waals surface area contributed by atoms with Crippen LogP contribution in [0.5, 0.6) is 0 Å². The van der Waals surface area contributed by atoms with Gasteiger partial charge in [-0.3, -0.25) is 4.90 Å². The highest BCUT2D eigenvalue weighted by Gasteiger charge is 2.45. The minimum Gasteiger partial charge on any atom is -0.480 e. The third kappa shape index (κ3) is 2.00. The molecule has 1 amide bonds. The lowest BCUT2D eigenvalue weighted by Crippen LogP contribution is -2.42. The molecule has 1 aromatic rings. The number of aliphatic carboxylic acids is 1. The van der Waals surface area contributed by atoms with E-state index in [9.17, 15) is 9.59 Å². The van der Waals surface area contributed by atoms with Gasteiger partial charge in [-0.25, -0.2) is 9.59 Å². The van der Waals surface area contributed by atoms with Crippen molar-refractivity contribution in [3.8, 4) is 0 Å². The fraction of sp³-hybridized carbons (Fsp3) is 0.273. The number of halogens is 1. The predicted molar refractivity (Wildman–Crippen MR) is 64.0 cm³/mol. The number of nitrogens with zero attached hydrogens (tertiary/aromatic N) is 1. The van der Waals surface area contributed by atoms with Gasteiger partial charge in [0.25, 0.3) is 0 Å². The number of carbonyl (C=O) groups excluding carboxylic acids is 1. The zero-order chi connectivity index (χ0) is 12.6. The Morgan fingerprint density at radius 2 is 2.12 bits per heavy atom. The lowest BCUT2D eigenvalue weighted by atomic mass is 10.1. The second-order valence-corrected chi connectivity index (χ2v) is 4.55. The second-order valence-electron chi connectivity index (χ2n) is 3.69. The molecule has 0 aliphatic carbocycles. The van der Waals surface area contributed by atoms with Gasteiger partial charge in [-0.15, -0.1) is 0 Å². The van der Waals surface area contributed by atoms with Crippen LogP contribution in [0, 0.1) is 0 Å². The molecule has 1 aliphatic heterocycles. The van der Waals surface area contributed by atoms with Crippen molar-refractivity contribution in [3.63, 3.8) is 0 Å². The lowest BCUT2D eigenvalue weighted by Gasteiger charge is -2.20. The first-order chi connectivity index (χ1) is 8.02. The standard InChI is InChI=1S/C11H10BrNO4/c1-6-9(10(14)15)13(11(16)17-6)8-5-3-2-4-7(8)12/h2-6,9H,1H3,(H,14,15). The molecule has 2 unspecified atom stereocenters. The summed E-state index contributed by atoms with van der Waals surface area (Å²) in [6, 6.07) is 5.93. The van der Waals surface area contributed by atoms with Crippen molar-refractivity contribution in [1.29, 1.82) is 0 Å². The Labute approximate surface area is 106 Å². The monoisotopic (exact) mass is 299 g/mol. The molecular formula is C11H10BrNO4. The third-order valence-corrected chi connectivity index (χ3v) is 3.24. The first-order valence-electron chi connectivity index (χ1n) is 4.99. The van der Waals surface area contributed by atoms with Crippen molar-refractivity contribution in [2.45, 2.75) is 19.1 Å². The molecule has 0 saturated carbocycles. The summed E-state index contributed by atoms with van der Waals surface area (Å²) in [4.78, 5) is 24.0. The van der Waals surface area contributed by atoms with Crippen LogP contribution in [0.4, 0.5) is 10.5 Å². The largest absolute Gasteiger partial charge is 0.480 e. The summed E-state index contributed by atoms with van der Waals surface area (Å²) >= 11 is 3.29. The van der Waals surface area contributed by atoms with Gasteiger partial charge in [0.1, 0.15) is 6.10 Å². The van der Waals surface area contributed by atoms with E-state index in [1.54, 1.807) is 31.2 Å². The summed E-state index contributed by atoms with van der Waals surface area (Å²) in [5.74, 6) is -1.08. The van der Waals surface area contributed by atoms with E-state index in [4.69, 9.17) is 9.84 Å². The zero-order valence-corrected chi connectivity index (χ0v) is 10.5. The van der Waals surface area contributed by atoms with Crippen molar-refractivity contribution in [3.05, 3.63) is 28.7 Å². The number of carboxylic acid groups (broad SMARTS) is 1. The van der Waals surface area contributed by atoms with Gasteiger partial charge < -0.3 is 9.84 Å². The molecule has 0 bridgehead atoms. The highest BCUT2D eigenvalue weighted by molar-refractivity contribution is 9.10. The summed E-state index contributed by atoms with van der Waals surface area (Å²) in [7, 11) is 0. The SMILES string of the molecule is CC1OC(=O)N(c2ccccc2Br)C1C(=O)O. The summed E-state index contributed by atoms with van der Waals surface area (Å²) in [6.45, 7) is 1.56. The number of benzene rings is 1. The van der Waals surface area contributed by atoms with Gasteiger partial charge in [-0.2, -0.15) is 0 Å². The normalized spacial score (nSPS) is 23.6. The number of carboxylic acids is 1. The Bertz CT molecular complexity index is 476. The second kappa shape index (κ2) is 4.37. The van der Waals surface area contributed by atoms with Gasteiger partial charge in [0.05, 0.1) is 5.69 Å². The van der Waals surface area contributed by atoms with Crippen LogP contribution in [-0.4, -0.2) is 29.3 Å².